The average Bonchev–Trinajstić information content (AvgIpc) is 3.32. The van der Waals surface area contributed by atoms with Gasteiger partial charge in [-0.2, -0.15) is 0 Å². The maximum Gasteiger partial charge on any atom is 0.124 e. The first-order valence-corrected chi connectivity index (χ1v) is 8.28. The third-order valence-electron chi connectivity index (χ3n) is 4.16. The molecule has 0 radical (unpaired) electrons. The van der Waals surface area contributed by atoms with Crippen molar-refractivity contribution in [1.29, 1.82) is 0 Å². The van der Waals surface area contributed by atoms with Crippen molar-refractivity contribution >= 4 is 0 Å². The normalized spacial score (nSPS) is 19.5. The van der Waals surface area contributed by atoms with Crippen molar-refractivity contribution in [3.8, 4) is 5.75 Å². The predicted molar refractivity (Wildman–Crippen MR) is 84.4 cm³/mol. The zero-order valence-electron chi connectivity index (χ0n) is 13.0. The van der Waals surface area contributed by atoms with E-state index in [1.165, 1.54) is 36.8 Å². The van der Waals surface area contributed by atoms with Gasteiger partial charge < -0.3 is 15.2 Å². The van der Waals surface area contributed by atoms with Crippen LogP contribution in [0.15, 0.2) is 18.2 Å². The first-order chi connectivity index (χ1) is 10.2. The molecule has 1 unspecified atom stereocenters. The highest BCUT2D eigenvalue weighted by Crippen LogP contribution is 2.32. The van der Waals surface area contributed by atoms with Crippen molar-refractivity contribution in [3.05, 3.63) is 29.3 Å². The summed E-state index contributed by atoms with van der Waals surface area (Å²) in [7, 11) is 0. The summed E-state index contributed by atoms with van der Waals surface area (Å²) in [5.74, 6) is 2.56. The molecule has 0 amide bonds. The molecule has 116 valence electrons. The summed E-state index contributed by atoms with van der Waals surface area (Å²) in [6, 6.07) is 6.62. The van der Waals surface area contributed by atoms with Gasteiger partial charge in [-0.3, -0.25) is 0 Å². The van der Waals surface area contributed by atoms with Crippen molar-refractivity contribution in [2.45, 2.75) is 51.7 Å². The van der Waals surface area contributed by atoms with Crippen molar-refractivity contribution < 1.29 is 9.47 Å². The molecular weight excluding hydrogens is 262 g/mol. The minimum absolute atomic E-state index is 0.184. The van der Waals surface area contributed by atoms with Gasteiger partial charge in [0.05, 0.1) is 13.2 Å². The van der Waals surface area contributed by atoms with Gasteiger partial charge in [-0.1, -0.05) is 6.07 Å². The zero-order valence-corrected chi connectivity index (χ0v) is 13.0. The maximum absolute atomic E-state index is 5.98. The molecule has 1 aromatic rings. The SMILES string of the molecule is CC(N)Cc1ccc(OCC2CC2)c(COCC2CC2)c1. The van der Waals surface area contributed by atoms with Gasteiger partial charge in [0.1, 0.15) is 5.75 Å². The number of hydrogen-bond acceptors (Lipinski definition) is 3. The van der Waals surface area contributed by atoms with E-state index in [4.69, 9.17) is 15.2 Å². The van der Waals surface area contributed by atoms with Crippen LogP contribution in [-0.2, 0) is 17.8 Å². The van der Waals surface area contributed by atoms with Crippen LogP contribution in [0, 0.1) is 11.8 Å². The van der Waals surface area contributed by atoms with E-state index in [1.54, 1.807) is 0 Å². The molecule has 0 heterocycles. The highest BCUT2D eigenvalue weighted by atomic mass is 16.5. The first kappa shape index (κ1) is 14.9. The van der Waals surface area contributed by atoms with Crippen LogP contribution in [0.3, 0.4) is 0 Å². The molecular formula is C18H27NO2. The Balaban J connectivity index is 1.62. The van der Waals surface area contributed by atoms with Crippen LogP contribution >= 0.6 is 0 Å². The molecule has 0 spiro atoms. The van der Waals surface area contributed by atoms with Crippen LogP contribution in [-0.4, -0.2) is 19.3 Å². The molecule has 2 aliphatic rings. The summed E-state index contributed by atoms with van der Waals surface area (Å²) in [4.78, 5) is 0. The fraction of sp³-hybridized carbons (Fsp3) is 0.667. The number of benzene rings is 1. The van der Waals surface area contributed by atoms with E-state index in [-0.39, 0.29) is 6.04 Å². The van der Waals surface area contributed by atoms with Gasteiger partial charge in [0, 0.05) is 18.2 Å². The molecule has 1 atom stereocenters. The molecule has 0 aromatic heterocycles. The van der Waals surface area contributed by atoms with E-state index in [2.05, 4.69) is 18.2 Å². The quantitative estimate of drug-likeness (QED) is 0.758. The number of rotatable bonds is 9. The molecule has 3 heteroatoms. The Kier molecular flexibility index (Phi) is 4.81. The van der Waals surface area contributed by atoms with Crippen molar-refractivity contribution in [2.75, 3.05) is 13.2 Å². The smallest absolute Gasteiger partial charge is 0.124 e. The Bertz CT molecular complexity index is 464. The molecule has 3 rings (SSSR count). The molecule has 2 aliphatic carbocycles. The zero-order chi connectivity index (χ0) is 14.7. The lowest BCUT2D eigenvalue weighted by atomic mass is 10.0. The summed E-state index contributed by atoms with van der Waals surface area (Å²) < 4.78 is 11.8. The number of ether oxygens (including phenoxy) is 2. The van der Waals surface area contributed by atoms with Gasteiger partial charge >= 0.3 is 0 Å². The van der Waals surface area contributed by atoms with E-state index in [9.17, 15) is 0 Å². The molecule has 2 fully saturated rings. The minimum atomic E-state index is 0.184. The van der Waals surface area contributed by atoms with Crippen LogP contribution < -0.4 is 10.5 Å². The van der Waals surface area contributed by atoms with Crippen molar-refractivity contribution in [1.82, 2.24) is 0 Å². The number of nitrogens with two attached hydrogens (primary N) is 1. The van der Waals surface area contributed by atoms with Gasteiger partial charge in [-0.15, -0.1) is 0 Å². The topological polar surface area (TPSA) is 44.5 Å². The van der Waals surface area contributed by atoms with E-state index in [0.717, 1.165) is 37.2 Å². The molecule has 2 saturated carbocycles. The molecule has 0 saturated heterocycles. The van der Waals surface area contributed by atoms with E-state index >= 15 is 0 Å². The van der Waals surface area contributed by atoms with E-state index < -0.39 is 0 Å². The largest absolute Gasteiger partial charge is 0.493 e. The molecule has 21 heavy (non-hydrogen) atoms. The summed E-state index contributed by atoms with van der Waals surface area (Å²) in [6.07, 6.45) is 6.19. The molecule has 0 bridgehead atoms. The first-order valence-electron chi connectivity index (χ1n) is 8.28. The van der Waals surface area contributed by atoms with E-state index in [0.29, 0.717) is 6.61 Å². The monoisotopic (exact) mass is 289 g/mol. The van der Waals surface area contributed by atoms with Crippen LogP contribution in [0.2, 0.25) is 0 Å². The second-order valence-corrected chi connectivity index (χ2v) is 6.84. The van der Waals surface area contributed by atoms with Crippen LogP contribution in [0.1, 0.15) is 43.7 Å². The van der Waals surface area contributed by atoms with Crippen LogP contribution in [0.5, 0.6) is 5.75 Å². The molecule has 2 N–H and O–H groups in total. The Morgan fingerprint density at radius 1 is 1.14 bits per heavy atom. The Morgan fingerprint density at radius 2 is 1.86 bits per heavy atom. The van der Waals surface area contributed by atoms with Gasteiger partial charge in [-0.25, -0.2) is 0 Å². The second kappa shape index (κ2) is 6.80. The van der Waals surface area contributed by atoms with Crippen LogP contribution in [0.25, 0.3) is 0 Å². The Morgan fingerprint density at radius 3 is 2.52 bits per heavy atom. The Hall–Kier alpha value is -1.06. The maximum atomic E-state index is 5.98. The van der Waals surface area contributed by atoms with Crippen molar-refractivity contribution in [2.24, 2.45) is 17.6 Å². The Labute approximate surface area is 127 Å². The van der Waals surface area contributed by atoms with Crippen LogP contribution in [0.4, 0.5) is 0 Å². The molecule has 3 nitrogen and oxygen atoms in total. The van der Waals surface area contributed by atoms with Gasteiger partial charge in [-0.05, 0) is 68.6 Å². The highest BCUT2D eigenvalue weighted by Gasteiger charge is 2.23. The number of hydrogen-bond donors (Lipinski definition) is 1. The molecule has 1 aromatic carbocycles. The second-order valence-electron chi connectivity index (χ2n) is 6.84. The van der Waals surface area contributed by atoms with E-state index in [1.807, 2.05) is 6.92 Å². The minimum Gasteiger partial charge on any atom is -0.493 e. The highest BCUT2D eigenvalue weighted by molar-refractivity contribution is 5.37. The lowest BCUT2D eigenvalue weighted by Gasteiger charge is -2.14. The molecule has 0 aliphatic heterocycles. The third-order valence-corrected chi connectivity index (χ3v) is 4.16. The fourth-order valence-electron chi connectivity index (χ4n) is 2.50. The lowest BCUT2D eigenvalue weighted by molar-refractivity contribution is 0.108. The lowest BCUT2D eigenvalue weighted by Crippen LogP contribution is -2.18. The third kappa shape index (κ3) is 5.01. The average molecular weight is 289 g/mol. The summed E-state index contributed by atoms with van der Waals surface area (Å²) in [6.45, 7) is 4.44. The standard InChI is InChI=1S/C18H27NO2/c1-13(19)8-16-6-7-18(21-11-15-4-5-15)17(9-16)12-20-10-14-2-3-14/h6-7,9,13-15H,2-5,8,10-12,19H2,1H3. The van der Waals surface area contributed by atoms with Gasteiger partial charge in [0.15, 0.2) is 0 Å². The van der Waals surface area contributed by atoms with Crippen molar-refractivity contribution in [3.63, 3.8) is 0 Å². The summed E-state index contributed by atoms with van der Waals surface area (Å²) in [5, 5.41) is 0. The predicted octanol–water partition coefficient (Wildman–Crippen LogP) is 3.29. The fourth-order valence-corrected chi connectivity index (χ4v) is 2.50. The summed E-state index contributed by atoms with van der Waals surface area (Å²) in [5.41, 5.74) is 8.35. The van der Waals surface area contributed by atoms with Gasteiger partial charge in [0.25, 0.3) is 0 Å². The van der Waals surface area contributed by atoms with Gasteiger partial charge in [0.2, 0.25) is 0 Å². The summed E-state index contributed by atoms with van der Waals surface area (Å²) >= 11 is 0.